The van der Waals surface area contributed by atoms with Gasteiger partial charge in [-0.15, -0.1) is 24.0 Å². The maximum Gasteiger partial charge on any atom is 0.416 e. The molecule has 0 saturated carbocycles. The molecule has 0 aliphatic rings. The Labute approximate surface area is 157 Å². The van der Waals surface area contributed by atoms with Crippen LogP contribution in [0.2, 0.25) is 0 Å². The monoisotopic (exact) mass is 461 g/mol. The number of methoxy groups -OCH3 is 1. The first kappa shape index (κ1) is 22.8. The number of aliphatic imine (C=N–C) groups is 1. The van der Waals surface area contributed by atoms with E-state index < -0.39 is 11.7 Å². The van der Waals surface area contributed by atoms with Crippen molar-refractivity contribution in [2.45, 2.75) is 13.1 Å². The van der Waals surface area contributed by atoms with Gasteiger partial charge in [0.2, 0.25) is 0 Å². The average Bonchev–Trinajstić information content (AvgIpc) is 2.51. The second-order valence-corrected chi connectivity index (χ2v) is 4.55. The molecule has 0 amide bonds. The van der Waals surface area contributed by atoms with Crippen LogP contribution in [0.1, 0.15) is 12.5 Å². The molecule has 0 unspecified atom stereocenters. The van der Waals surface area contributed by atoms with Crippen molar-refractivity contribution in [3.8, 4) is 5.75 Å². The van der Waals surface area contributed by atoms with E-state index in [-0.39, 0.29) is 36.3 Å². The second kappa shape index (κ2) is 12.2. The van der Waals surface area contributed by atoms with Crippen molar-refractivity contribution in [1.29, 1.82) is 0 Å². The van der Waals surface area contributed by atoms with Gasteiger partial charge in [0.05, 0.1) is 25.3 Å². The summed E-state index contributed by atoms with van der Waals surface area (Å²) in [6.07, 6.45) is -4.37. The Kier molecular flexibility index (Phi) is 11.6. The van der Waals surface area contributed by atoms with Gasteiger partial charge in [-0.1, -0.05) is 6.07 Å². The highest BCUT2D eigenvalue weighted by molar-refractivity contribution is 14.0. The standard InChI is InChI=1S/C15H22F3N3O2.HI/c1-3-19-14(20-7-9-22-2)21-8-10-23-13-6-4-5-12(11-13)15(16,17)18;/h4-6,11H,3,7-10H2,1-2H3,(H2,19,20,21);1H. The van der Waals surface area contributed by atoms with Gasteiger partial charge in [-0.05, 0) is 25.1 Å². The minimum atomic E-state index is -4.37. The predicted octanol–water partition coefficient (Wildman–Crippen LogP) is 2.90. The summed E-state index contributed by atoms with van der Waals surface area (Å²) in [5.41, 5.74) is -0.725. The van der Waals surface area contributed by atoms with Crippen LogP contribution in [-0.4, -0.2) is 45.9 Å². The highest BCUT2D eigenvalue weighted by Crippen LogP contribution is 2.31. The number of nitrogens with zero attached hydrogens (tertiary/aromatic N) is 1. The maximum atomic E-state index is 12.6. The van der Waals surface area contributed by atoms with Crippen molar-refractivity contribution in [2.24, 2.45) is 4.99 Å². The first-order valence-electron chi connectivity index (χ1n) is 7.28. The third kappa shape index (κ3) is 9.16. The Morgan fingerprint density at radius 1 is 1.21 bits per heavy atom. The molecule has 1 aromatic carbocycles. The van der Waals surface area contributed by atoms with Crippen LogP contribution in [0.15, 0.2) is 29.3 Å². The molecule has 5 nitrogen and oxygen atoms in total. The van der Waals surface area contributed by atoms with Crippen LogP contribution < -0.4 is 15.4 Å². The Bertz CT molecular complexity index is 499. The number of hydrogen-bond acceptors (Lipinski definition) is 3. The number of hydrogen-bond donors (Lipinski definition) is 2. The van der Waals surface area contributed by atoms with Crippen molar-refractivity contribution < 1.29 is 22.6 Å². The molecule has 0 fully saturated rings. The van der Waals surface area contributed by atoms with Crippen LogP contribution in [0.5, 0.6) is 5.75 Å². The molecule has 1 rings (SSSR count). The number of benzene rings is 1. The van der Waals surface area contributed by atoms with Crippen molar-refractivity contribution in [3.63, 3.8) is 0 Å². The summed E-state index contributed by atoms with van der Waals surface area (Å²) >= 11 is 0. The van der Waals surface area contributed by atoms with Crippen LogP contribution in [0.3, 0.4) is 0 Å². The molecule has 24 heavy (non-hydrogen) atoms. The SMILES string of the molecule is CCNC(=NCCOC)NCCOc1cccc(C(F)(F)F)c1.I. The van der Waals surface area contributed by atoms with E-state index in [1.165, 1.54) is 12.1 Å². The van der Waals surface area contributed by atoms with Gasteiger partial charge in [-0.2, -0.15) is 13.2 Å². The zero-order valence-electron chi connectivity index (χ0n) is 13.7. The van der Waals surface area contributed by atoms with Gasteiger partial charge in [0.15, 0.2) is 5.96 Å². The number of rotatable bonds is 8. The molecule has 9 heteroatoms. The number of guanidine groups is 1. The van der Waals surface area contributed by atoms with Gasteiger partial charge in [-0.25, -0.2) is 0 Å². The number of ether oxygens (including phenoxy) is 2. The predicted molar refractivity (Wildman–Crippen MR) is 98.2 cm³/mol. The molecule has 0 aliphatic heterocycles. The Hall–Kier alpha value is -1.23. The third-order valence-corrected chi connectivity index (χ3v) is 2.73. The van der Waals surface area contributed by atoms with Gasteiger partial charge in [0.25, 0.3) is 0 Å². The van der Waals surface area contributed by atoms with E-state index in [9.17, 15) is 13.2 Å². The summed E-state index contributed by atoms with van der Waals surface area (Å²) in [4.78, 5) is 4.26. The first-order chi connectivity index (χ1) is 11.0. The zero-order chi connectivity index (χ0) is 17.1. The highest BCUT2D eigenvalue weighted by atomic mass is 127. The number of nitrogens with one attached hydrogen (secondary N) is 2. The fourth-order valence-corrected chi connectivity index (χ4v) is 1.69. The fourth-order valence-electron chi connectivity index (χ4n) is 1.69. The summed E-state index contributed by atoms with van der Waals surface area (Å²) in [7, 11) is 1.60. The Balaban J connectivity index is 0.00000529. The topological polar surface area (TPSA) is 54.9 Å². The zero-order valence-corrected chi connectivity index (χ0v) is 16.0. The third-order valence-electron chi connectivity index (χ3n) is 2.73. The van der Waals surface area contributed by atoms with Gasteiger partial charge in [0, 0.05) is 13.7 Å². The van der Waals surface area contributed by atoms with Crippen LogP contribution in [0.4, 0.5) is 13.2 Å². The van der Waals surface area contributed by atoms with E-state index >= 15 is 0 Å². The molecule has 1 aromatic rings. The quantitative estimate of drug-likeness (QED) is 0.271. The largest absolute Gasteiger partial charge is 0.492 e. The van der Waals surface area contributed by atoms with Gasteiger partial charge < -0.3 is 20.1 Å². The van der Waals surface area contributed by atoms with Crippen molar-refractivity contribution in [2.75, 3.05) is 40.0 Å². The molecule has 0 aromatic heterocycles. The first-order valence-corrected chi connectivity index (χ1v) is 7.28. The van der Waals surface area contributed by atoms with Gasteiger partial charge in [-0.3, -0.25) is 4.99 Å². The molecule has 0 aliphatic carbocycles. The van der Waals surface area contributed by atoms with E-state index in [0.29, 0.717) is 32.2 Å². The van der Waals surface area contributed by atoms with Crippen LogP contribution in [-0.2, 0) is 10.9 Å². The number of alkyl halides is 3. The second-order valence-electron chi connectivity index (χ2n) is 4.55. The minimum Gasteiger partial charge on any atom is -0.492 e. The molecular weight excluding hydrogens is 438 g/mol. The number of halogens is 4. The maximum absolute atomic E-state index is 12.6. The normalized spacial score (nSPS) is 11.6. The fraction of sp³-hybridized carbons (Fsp3) is 0.533. The van der Waals surface area contributed by atoms with E-state index in [1.54, 1.807) is 7.11 Å². The van der Waals surface area contributed by atoms with Crippen molar-refractivity contribution in [3.05, 3.63) is 29.8 Å². The smallest absolute Gasteiger partial charge is 0.416 e. The van der Waals surface area contributed by atoms with Crippen molar-refractivity contribution >= 4 is 29.9 Å². The molecule has 0 atom stereocenters. The highest BCUT2D eigenvalue weighted by Gasteiger charge is 2.30. The lowest BCUT2D eigenvalue weighted by Crippen LogP contribution is -2.39. The molecule has 0 saturated heterocycles. The van der Waals surface area contributed by atoms with E-state index in [1.807, 2.05) is 6.92 Å². The molecular formula is C15H23F3IN3O2. The molecule has 0 heterocycles. The molecule has 0 bridgehead atoms. The lowest BCUT2D eigenvalue weighted by Gasteiger charge is -2.13. The molecule has 0 radical (unpaired) electrons. The van der Waals surface area contributed by atoms with Crippen molar-refractivity contribution in [1.82, 2.24) is 10.6 Å². The van der Waals surface area contributed by atoms with Crippen LogP contribution in [0, 0.1) is 0 Å². The van der Waals surface area contributed by atoms with E-state index in [2.05, 4.69) is 15.6 Å². The summed E-state index contributed by atoms with van der Waals surface area (Å²) in [6.45, 7) is 4.29. The van der Waals surface area contributed by atoms with Gasteiger partial charge >= 0.3 is 6.18 Å². The summed E-state index contributed by atoms with van der Waals surface area (Å²) in [6, 6.07) is 4.81. The summed E-state index contributed by atoms with van der Waals surface area (Å²) < 4.78 is 48.0. The van der Waals surface area contributed by atoms with Gasteiger partial charge in [0.1, 0.15) is 12.4 Å². The average molecular weight is 461 g/mol. The van der Waals surface area contributed by atoms with E-state index in [4.69, 9.17) is 9.47 Å². The summed E-state index contributed by atoms with van der Waals surface area (Å²) in [5, 5.41) is 6.08. The van der Waals surface area contributed by atoms with Crippen LogP contribution in [0.25, 0.3) is 0 Å². The molecule has 138 valence electrons. The minimum absolute atomic E-state index is 0. The Morgan fingerprint density at radius 3 is 2.58 bits per heavy atom. The lowest BCUT2D eigenvalue weighted by atomic mass is 10.2. The molecule has 0 spiro atoms. The molecule has 2 N–H and O–H groups in total. The lowest BCUT2D eigenvalue weighted by molar-refractivity contribution is -0.137. The Morgan fingerprint density at radius 2 is 1.96 bits per heavy atom. The summed E-state index contributed by atoms with van der Waals surface area (Å²) in [5.74, 6) is 0.792. The van der Waals surface area contributed by atoms with E-state index in [0.717, 1.165) is 12.1 Å². The van der Waals surface area contributed by atoms with Crippen LogP contribution >= 0.6 is 24.0 Å².